The first-order valence-electron chi connectivity index (χ1n) is 10.3. The lowest BCUT2D eigenvalue weighted by Crippen LogP contribution is -2.69. The van der Waals surface area contributed by atoms with E-state index in [1.54, 1.807) is 49.5 Å². The van der Waals surface area contributed by atoms with Crippen LogP contribution in [0.25, 0.3) is 10.4 Å². The monoisotopic (exact) mass is 502 g/mol. The molecule has 34 heavy (non-hydrogen) atoms. The quantitative estimate of drug-likeness (QED) is 0.286. The Morgan fingerprint density at radius 3 is 2.06 bits per heavy atom. The van der Waals surface area contributed by atoms with Gasteiger partial charge in [-0.15, -0.1) is 11.3 Å². The lowest BCUT2D eigenvalue weighted by Gasteiger charge is -2.34. The number of alkyl halides is 3. The lowest BCUT2D eigenvalue weighted by molar-refractivity contribution is -0.205. The Hall–Kier alpha value is -3.28. The number of rotatable bonds is 9. The summed E-state index contributed by atoms with van der Waals surface area (Å²) < 4.78 is 57.5. The summed E-state index contributed by atoms with van der Waals surface area (Å²) in [5.74, 6) is -2.71. The molecule has 1 amide bonds. The van der Waals surface area contributed by atoms with Crippen molar-refractivity contribution >= 4 is 34.4 Å². The zero-order valence-electron chi connectivity index (χ0n) is 19.0. The molecule has 2 aromatic rings. The largest absolute Gasteiger partial charge is 0.463 e. The highest BCUT2D eigenvalue weighted by Crippen LogP contribution is 2.43. The number of anilines is 1. The smallest absolute Gasteiger partial charge is 0.442 e. The lowest BCUT2D eigenvalue weighted by atomic mass is 10.1. The molecule has 2 rings (SSSR count). The van der Waals surface area contributed by atoms with E-state index in [9.17, 15) is 27.6 Å². The highest BCUT2D eigenvalue weighted by atomic mass is 32.1. The zero-order valence-corrected chi connectivity index (χ0v) is 19.8. The minimum atomic E-state index is -5.39. The summed E-state index contributed by atoms with van der Waals surface area (Å²) in [6.07, 6.45) is -6.89. The Kier molecular flexibility index (Phi) is 8.91. The summed E-state index contributed by atoms with van der Waals surface area (Å²) in [4.78, 5) is 37.9. The van der Waals surface area contributed by atoms with Gasteiger partial charge in [0.15, 0.2) is 0 Å². The molecule has 0 bridgehead atoms. The topological polar surface area (TPSA) is 103 Å². The Labute approximate surface area is 198 Å². The van der Waals surface area contributed by atoms with Crippen LogP contribution in [0.4, 0.5) is 23.0 Å². The molecule has 0 aliphatic carbocycles. The minimum Gasteiger partial charge on any atom is -0.463 e. The van der Waals surface area contributed by atoms with E-state index in [2.05, 4.69) is 14.8 Å². The van der Waals surface area contributed by atoms with Gasteiger partial charge in [-0.2, -0.15) is 13.2 Å². The van der Waals surface area contributed by atoms with E-state index < -0.39 is 36.5 Å². The molecule has 1 heterocycles. The van der Waals surface area contributed by atoms with Gasteiger partial charge in [-0.3, -0.25) is 5.32 Å². The van der Waals surface area contributed by atoms with Crippen molar-refractivity contribution in [1.82, 2.24) is 5.32 Å². The molecule has 1 atom stereocenters. The molecule has 2 N–H and O–H groups in total. The van der Waals surface area contributed by atoms with Crippen molar-refractivity contribution in [3.63, 3.8) is 0 Å². The maximum Gasteiger partial charge on any atom is 0.442 e. The second-order valence-electron chi connectivity index (χ2n) is 6.79. The van der Waals surface area contributed by atoms with Crippen LogP contribution in [-0.2, 0) is 19.0 Å². The average Bonchev–Trinajstić information content (AvgIpc) is 3.09. The van der Waals surface area contributed by atoms with Crippen molar-refractivity contribution in [3.8, 4) is 10.4 Å². The molecule has 8 nitrogen and oxygen atoms in total. The number of benzene rings is 1. The summed E-state index contributed by atoms with van der Waals surface area (Å²) in [7, 11) is 0. The van der Waals surface area contributed by atoms with E-state index in [0.29, 0.717) is 16.0 Å². The van der Waals surface area contributed by atoms with Crippen LogP contribution >= 0.6 is 11.3 Å². The number of amides is 1. The zero-order chi connectivity index (χ0) is 25.5. The predicted molar refractivity (Wildman–Crippen MR) is 120 cm³/mol. The van der Waals surface area contributed by atoms with Gasteiger partial charge in [0.25, 0.3) is 0 Å². The summed E-state index contributed by atoms with van der Waals surface area (Å²) >= 11 is 0.800. The number of esters is 2. The number of nitrogens with one attached hydrogen (secondary N) is 2. The molecule has 0 aliphatic heterocycles. The van der Waals surface area contributed by atoms with Crippen molar-refractivity contribution in [2.24, 2.45) is 0 Å². The molecule has 0 spiro atoms. The van der Waals surface area contributed by atoms with Crippen LogP contribution in [0.5, 0.6) is 0 Å². The molecule has 0 fully saturated rings. The molecule has 0 saturated heterocycles. The van der Waals surface area contributed by atoms with Crippen LogP contribution in [-0.4, -0.2) is 49.7 Å². The van der Waals surface area contributed by atoms with Crippen LogP contribution in [0.1, 0.15) is 36.7 Å². The van der Waals surface area contributed by atoms with Crippen molar-refractivity contribution in [2.45, 2.75) is 39.5 Å². The van der Waals surface area contributed by atoms with Crippen LogP contribution < -0.4 is 10.6 Å². The van der Waals surface area contributed by atoms with Crippen LogP contribution in [0.15, 0.2) is 30.3 Å². The third kappa shape index (κ3) is 5.61. The van der Waals surface area contributed by atoms with Crippen molar-refractivity contribution in [3.05, 3.63) is 41.5 Å². The number of halogens is 3. The molecule has 12 heteroatoms. The first kappa shape index (κ1) is 27.0. The molecule has 186 valence electrons. The van der Waals surface area contributed by atoms with E-state index in [-0.39, 0.29) is 23.8 Å². The fraction of sp³-hybridized carbons (Fsp3) is 0.409. The Bertz CT molecular complexity index is 1030. The van der Waals surface area contributed by atoms with Crippen LogP contribution in [0.2, 0.25) is 0 Å². The van der Waals surface area contributed by atoms with Gasteiger partial charge in [-0.05, 0) is 38.8 Å². The maximum absolute atomic E-state index is 14.4. The van der Waals surface area contributed by atoms with E-state index in [4.69, 9.17) is 4.74 Å². The molecule has 1 aromatic carbocycles. The van der Waals surface area contributed by atoms with Gasteiger partial charge in [0.1, 0.15) is 5.00 Å². The summed E-state index contributed by atoms with van der Waals surface area (Å²) in [6, 6.07) is 8.66. The van der Waals surface area contributed by atoms with Crippen molar-refractivity contribution in [2.75, 3.05) is 25.1 Å². The van der Waals surface area contributed by atoms with Gasteiger partial charge in [0, 0.05) is 4.88 Å². The Balaban J connectivity index is 2.74. The van der Waals surface area contributed by atoms with E-state index in [1.807, 2.05) is 0 Å². The number of hydrogen-bond acceptors (Lipinski definition) is 8. The minimum absolute atomic E-state index is 0.0302. The molecule has 1 aromatic heterocycles. The molecule has 0 aliphatic rings. The summed E-state index contributed by atoms with van der Waals surface area (Å²) in [5.41, 5.74) is -2.96. The van der Waals surface area contributed by atoms with Gasteiger partial charge in [0.05, 0.1) is 25.4 Å². The van der Waals surface area contributed by atoms with Gasteiger partial charge in [-0.1, -0.05) is 30.3 Å². The Morgan fingerprint density at radius 2 is 1.53 bits per heavy atom. The highest BCUT2D eigenvalue weighted by molar-refractivity contribution is 7.20. The van der Waals surface area contributed by atoms with Gasteiger partial charge in [-0.25, -0.2) is 14.4 Å². The predicted octanol–water partition coefficient (Wildman–Crippen LogP) is 4.88. The van der Waals surface area contributed by atoms with Crippen molar-refractivity contribution < 1.29 is 41.8 Å². The first-order valence-corrected chi connectivity index (χ1v) is 11.2. The van der Waals surface area contributed by atoms with Gasteiger partial charge >= 0.3 is 29.9 Å². The Morgan fingerprint density at radius 1 is 0.941 bits per heavy atom. The highest BCUT2D eigenvalue weighted by Gasteiger charge is 2.64. The first-order chi connectivity index (χ1) is 16.0. The fourth-order valence-corrected chi connectivity index (χ4v) is 4.29. The number of ether oxygens (including phenoxy) is 3. The number of alkyl carbamates (subject to hydrolysis) is 1. The van der Waals surface area contributed by atoms with E-state index >= 15 is 0 Å². The maximum atomic E-state index is 14.4. The van der Waals surface area contributed by atoms with Gasteiger partial charge in [0.2, 0.25) is 0 Å². The third-order valence-electron chi connectivity index (χ3n) is 4.54. The summed E-state index contributed by atoms with van der Waals surface area (Å²) in [5, 5.41) is 3.27. The second kappa shape index (κ2) is 11.2. The molecule has 0 unspecified atom stereocenters. The normalized spacial score (nSPS) is 12.9. The number of carbonyl (C=O) groups excluding carboxylic acids is 3. The fourth-order valence-electron chi connectivity index (χ4n) is 3.04. The average molecular weight is 503 g/mol. The van der Waals surface area contributed by atoms with E-state index in [1.165, 1.54) is 13.8 Å². The molecule has 0 saturated carbocycles. The van der Waals surface area contributed by atoms with Crippen LogP contribution in [0.3, 0.4) is 0 Å². The van der Waals surface area contributed by atoms with Crippen LogP contribution in [0, 0.1) is 6.92 Å². The molecular weight excluding hydrogens is 477 g/mol. The SMILES string of the molecule is CCOC(=O)N[C@@](Nc1sc(-c2ccccc2)c(C)c1C(=O)OCC)(C(=O)OCC)C(F)(F)F. The standard InChI is InChI=1S/C22H25F3N2O6S/c1-5-31-18(28)15-13(4)16(14-11-9-8-10-12-14)34-17(15)26-21(22(23,24)25,19(29)32-6-2)27-20(30)33-7-3/h8-12,26H,5-7H2,1-4H3,(H,27,30)/t21-/m0/s1. The summed E-state index contributed by atoms with van der Waals surface area (Å²) in [6.45, 7) is 5.13. The second-order valence-corrected chi connectivity index (χ2v) is 7.81. The third-order valence-corrected chi connectivity index (χ3v) is 5.79. The number of carbonyl (C=O) groups is 3. The molecular formula is C22H25F3N2O6S. The number of thiophene rings is 1. The van der Waals surface area contributed by atoms with Gasteiger partial charge < -0.3 is 19.5 Å². The number of hydrogen-bond donors (Lipinski definition) is 2. The van der Waals surface area contributed by atoms with E-state index in [0.717, 1.165) is 11.3 Å². The molecule has 0 radical (unpaired) electrons. The van der Waals surface area contributed by atoms with Crippen molar-refractivity contribution in [1.29, 1.82) is 0 Å².